The van der Waals surface area contributed by atoms with Crippen LogP contribution in [0.3, 0.4) is 0 Å². The Labute approximate surface area is 104 Å². The van der Waals surface area contributed by atoms with Crippen LogP contribution in [0.25, 0.3) is 6.08 Å². The maximum absolute atomic E-state index is 5.72. The first-order valence-corrected chi connectivity index (χ1v) is 6.33. The fourth-order valence-corrected chi connectivity index (χ4v) is 2.34. The van der Waals surface area contributed by atoms with E-state index in [9.17, 15) is 0 Å². The number of hydrogen-bond acceptors (Lipinski definition) is 2. The number of rotatable bonds is 3. The predicted molar refractivity (Wildman–Crippen MR) is 71.9 cm³/mol. The molecule has 2 nitrogen and oxygen atoms in total. The van der Waals surface area contributed by atoms with Crippen LogP contribution in [0.2, 0.25) is 0 Å². The molecule has 17 heavy (non-hydrogen) atoms. The van der Waals surface area contributed by atoms with Gasteiger partial charge in [-0.05, 0) is 19.4 Å². The van der Waals surface area contributed by atoms with Crippen molar-refractivity contribution < 1.29 is 4.74 Å². The lowest BCUT2D eigenvalue weighted by molar-refractivity contribution is -0.0645. The molecule has 1 aliphatic rings. The summed E-state index contributed by atoms with van der Waals surface area (Å²) in [6.07, 6.45) is 5.12. The van der Waals surface area contributed by atoms with E-state index in [1.165, 1.54) is 5.56 Å². The van der Waals surface area contributed by atoms with E-state index in [0.29, 0.717) is 12.2 Å². The van der Waals surface area contributed by atoms with Gasteiger partial charge in [0.2, 0.25) is 0 Å². The van der Waals surface area contributed by atoms with Gasteiger partial charge >= 0.3 is 0 Å². The molecule has 0 N–H and O–H groups in total. The van der Waals surface area contributed by atoms with E-state index in [4.69, 9.17) is 4.74 Å². The fraction of sp³-hybridized carbons (Fsp3) is 0.467. The lowest BCUT2D eigenvalue weighted by atomic mass is 10.2. The van der Waals surface area contributed by atoms with E-state index in [1.807, 2.05) is 6.07 Å². The first-order valence-electron chi connectivity index (χ1n) is 6.33. The highest BCUT2D eigenvalue weighted by Gasteiger charge is 2.20. The standard InChI is InChI=1S/C15H21NO/c1-13-11-16(12-14(2)17-13)10-6-9-15-7-4-3-5-8-15/h3-9,13-14H,10-12H2,1-2H3/b9-6+/t13-,14+. The first kappa shape index (κ1) is 12.3. The van der Waals surface area contributed by atoms with Crippen LogP contribution in [0.5, 0.6) is 0 Å². The van der Waals surface area contributed by atoms with Gasteiger partial charge in [0.05, 0.1) is 12.2 Å². The molecule has 0 aliphatic carbocycles. The van der Waals surface area contributed by atoms with Gasteiger partial charge in [-0.3, -0.25) is 4.90 Å². The number of nitrogens with zero attached hydrogens (tertiary/aromatic N) is 1. The molecular formula is C15H21NO. The summed E-state index contributed by atoms with van der Waals surface area (Å²) in [6, 6.07) is 10.4. The molecule has 0 bridgehead atoms. The molecule has 1 aromatic rings. The van der Waals surface area contributed by atoms with E-state index in [2.05, 4.69) is 55.2 Å². The van der Waals surface area contributed by atoms with E-state index < -0.39 is 0 Å². The summed E-state index contributed by atoms with van der Waals surface area (Å²) < 4.78 is 5.72. The summed E-state index contributed by atoms with van der Waals surface area (Å²) in [5, 5.41) is 0. The van der Waals surface area contributed by atoms with Crippen molar-refractivity contribution in [2.45, 2.75) is 26.1 Å². The number of ether oxygens (including phenoxy) is 1. The van der Waals surface area contributed by atoms with Gasteiger partial charge in [-0.1, -0.05) is 42.5 Å². The number of benzene rings is 1. The molecule has 1 heterocycles. The molecule has 0 radical (unpaired) electrons. The van der Waals surface area contributed by atoms with Crippen LogP contribution in [0.15, 0.2) is 36.4 Å². The topological polar surface area (TPSA) is 12.5 Å². The highest BCUT2D eigenvalue weighted by Crippen LogP contribution is 2.10. The van der Waals surface area contributed by atoms with Crippen molar-refractivity contribution in [3.63, 3.8) is 0 Å². The zero-order valence-electron chi connectivity index (χ0n) is 10.7. The molecule has 2 rings (SSSR count). The minimum Gasteiger partial charge on any atom is -0.373 e. The second kappa shape index (κ2) is 5.99. The smallest absolute Gasteiger partial charge is 0.0678 e. The van der Waals surface area contributed by atoms with Crippen molar-refractivity contribution >= 4 is 6.08 Å². The third-order valence-corrected chi connectivity index (χ3v) is 2.97. The molecule has 0 saturated carbocycles. The Hall–Kier alpha value is -1.12. The SMILES string of the molecule is C[C@@H]1CN(C/C=C/c2ccccc2)C[C@H](C)O1. The highest BCUT2D eigenvalue weighted by molar-refractivity contribution is 5.48. The van der Waals surface area contributed by atoms with E-state index in [0.717, 1.165) is 19.6 Å². The van der Waals surface area contributed by atoms with Crippen molar-refractivity contribution in [1.29, 1.82) is 0 Å². The molecule has 1 aliphatic heterocycles. The molecule has 2 heteroatoms. The first-order chi connectivity index (χ1) is 8.24. The maximum Gasteiger partial charge on any atom is 0.0678 e. The van der Waals surface area contributed by atoms with Gasteiger partial charge in [0.1, 0.15) is 0 Å². The third kappa shape index (κ3) is 3.99. The van der Waals surface area contributed by atoms with Gasteiger partial charge in [0.25, 0.3) is 0 Å². The van der Waals surface area contributed by atoms with Gasteiger partial charge in [-0.2, -0.15) is 0 Å². The fourth-order valence-electron chi connectivity index (χ4n) is 2.34. The normalized spacial score (nSPS) is 26.5. The Morgan fingerprint density at radius 3 is 2.47 bits per heavy atom. The quantitative estimate of drug-likeness (QED) is 0.793. The van der Waals surface area contributed by atoms with Crippen molar-refractivity contribution in [3.8, 4) is 0 Å². The lowest BCUT2D eigenvalue weighted by Gasteiger charge is -2.34. The zero-order valence-corrected chi connectivity index (χ0v) is 10.7. The Kier molecular flexibility index (Phi) is 4.35. The van der Waals surface area contributed by atoms with Crippen LogP contribution in [-0.4, -0.2) is 36.7 Å². The number of morpholine rings is 1. The Bertz CT molecular complexity index is 350. The third-order valence-electron chi connectivity index (χ3n) is 2.97. The van der Waals surface area contributed by atoms with Gasteiger partial charge in [0.15, 0.2) is 0 Å². The Balaban J connectivity index is 1.83. The van der Waals surface area contributed by atoms with Crippen LogP contribution in [0, 0.1) is 0 Å². The van der Waals surface area contributed by atoms with Gasteiger partial charge in [0, 0.05) is 19.6 Å². The average molecular weight is 231 g/mol. The van der Waals surface area contributed by atoms with Crippen molar-refractivity contribution in [2.24, 2.45) is 0 Å². The van der Waals surface area contributed by atoms with E-state index in [1.54, 1.807) is 0 Å². The monoisotopic (exact) mass is 231 g/mol. The molecule has 0 amide bonds. The number of hydrogen-bond donors (Lipinski definition) is 0. The maximum atomic E-state index is 5.72. The van der Waals surface area contributed by atoms with Crippen LogP contribution in [0.4, 0.5) is 0 Å². The summed E-state index contributed by atoms with van der Waals surface area (Å²) in [4.78, 5) is 2.44. The summed E-state index contributed by atoms with van der Waals surface area (Å²) in [5.74, 6) is 0. The summed E-state index contributed by atoms with van der Waals surface area (Å²) in [7, 11) is 0. The molecule has 0 unspecified atom stereocenters. The molecule has 0 spiro atoms. The second-order valence-electron chi connectivity index (χ2n) is 4.79. The van der Waals surface area contributed by atoms with Crippen LogP contribution >= 0.6 is 0 Å². The Morgan fingerprint density at radius 1 is 1.18 bits per heavy atom. The van der Waals surface area contributed by atoms with Crippen LogP contribution in [-0.2, 0) is 4.74 Å². The Morgan fingerprint density at radius 2 is 1.82 bits per heavy atom. The average Bonchev–Trinajstić information content (AvgIpc) is 2.29. The second-order valence-corrected chi connectivity index (χ2v) is 4.79. The largest absolute Gasteiger partial charge is 0.373 e. The lowest BCUT2D eigenvalue weighted by Crippen LogP contribution is -2.45. The van der Waals surface area contributed by atoms with Gasteiger partial charge < -0.3 is 4.74 Å². The van der Waals surface area contributed by atoms with Crippen molar-refractivity contribution in [1.82, 2.24) is 4.90 Å². The predicted octanol–water partition coefficient (Wildman–Crippen LogP) is 2.81. The minimum atomic E-state index is 0.351. The molecular weight excluding hydrogens is 210 g/mol. The van der Waals surface area contributed by atoms with E-state index >= 15 is 0 Å². The molecule has 92 valence electrons. The molecule has 0 aromatic heterocycles. The van der Waals surface area contributed by atoms with Crippen molar-refractivity contribution in [3.05, 3.63) is 42.0 Å². The van der Waals surface area contributed by atoms with E-state index in [-0.39, 0.29) is 0 Å². The molecule has 1 fully saturated rings. The van der Waals surface area contributed by atoms with Crippen LogP contribution in [0.1, 0.15) is 19.4 Å². The molecule has 2 atom stereocenters. The summed E-state index contributed by atoms with van der Waals surface area (Å²) >= 11 is 0. The van der Waals surface area contributed by atoms with Gasteiger partial charge in [-0.15, -0.1) is 0 Å². The highest BCUT2D eigenvalue weighted by atomic mass is 16.5. The molecule has 1 saturated heterocycles. The van der Waals surface area contributed by atoms with Crippen molar-refractivity contribution in [2.75, 3.05) is 19.6 Å². The minimum absolute atomic E-state index is 0.351. The zero-order chi connectivity index (χ0) is 12.1. The molecule has 1 aromatic carbocycles. The van der Waals surface area contributed by atoms with Gasteiger partial charge in [-0.25, -0.2) is 0 Å². The summed E-state index contributed by atoms with van der Waals surface area (Å²) in [6.45, 7) is 7.35. The van der Waals surface area contributed by atoms with Crippen LogP contribution < -0.4 is 0 Å². The summed E-state index contributed by atoms with van der Waals surface area (Å²) in [5.41, 5.74) is 1.27.